The van der Waals surface area contributed by atoms with E-state index in [0.29, 0.717) is 17.8 Å². The molecule has 0 unspecified atom stereocenters. The Kier molecular flexibility index (Phi) is 2.95. The van der Waals surface area contributed by atoms with Crippen LogP contribution < -0.4 is 16.8 Å². The van der Waals surface area contributed by atoms with Gasteiger partial charge in [0.25, 0.3) is 0 Å². The average Bonchev–Trinajstić information content (AvgIpc) is 2.80. The smallest absolute Gasteiger partial charge is 0.248 e. The lowest BCUT2D eigenvalue weighted by Gasteiger charge is -2.08. The van der Waals surface area contributed by atoms with Crippen LogP contribution in [0.1, 0.15) is 16.2 Å². The van der Waals surface area contributed by atoms with Gasteiger partial charge in [0.2, 0.25) is 5.91 Å². The maximum absolute atomic E-state index is 10.9. The number of benzene rings is 1. The first-order chi connectivity index (χ1) is 8.16. The summed E-state index contributed by atoms with van der Waals surface area (Å²) in [4.78, 5) is 18.0. The molecule has 0 saturated carbocycles. The first-order valence-electron chi connectivity index (χ1n) is 5.08. The second-order valence-corrected chi connectivity index (χ2v) is 3.56. The monoisotopic (exact) mass is 231 g/mol. The summed E-state index contributed by atoms with van der Waals surface area (Å²) in [6.07, 6.45) is 3.42. The minimum atomic E-state index is -0.491. The summed E-state index contributed by atoms with van der Waals surface area (Å²) in [6, 6.07) is 4.90. The van der Waals surface area contributed by atoms with Gasteiger partial charge in [-0.1, -0.05) is 0 Å². The largest absolute Gasteiger partial charge is 0.397 e. The Morgan fingerprint density at radius 3 is 2.88 bits per heavy atom. The van der Waals surface area contributed by atoms with Crippen molar-refractivity contribution in [1.29, 1.82) is 0 Å². The molecular weight excluding hydrogens is 218 g/mol. The standard InChI is InChI=1S/C11H13N5O/c12-8-5-7(11(13)17)1-2-9(8)16-6-10-14-3-4-15-10/h1-5,16H,6,12H2,(H2,13,17)(H,14,15). The van der Waals surface area contributed by atoms with Gasteiger partial charge in [0.1, 0.15) is 5.82 Å². The fourth-order valence-electron chi connectivity index (χ4n) is 1.45. The summed E-state index contributed by atoms with van der Waals surface area (Å²) in [6.45, 7) is 0.535. The van der Waals surface area contributed by atoms with Crippen LogP contribution in [0.2, 0.25) is 0 Å². The van der Waals surface area contributed by atoms with Crippen molar-refractivity contribution in [1.82, 2.24) is 9.97 Å². The number of nitrogens with two attached hydrogens (primary N) is 2. The Hall–Kier alpha value is -2.50. The highest BCUT2D eigenvalue weighted by atomic mass is 16.1. The van der Waals surface area contributed by atoms with Crippen LogP contribution >= 0.6 is 0 Å². The Morgan fingerprint density at radius 1 is 1.47 bits per heavy atom. The van der Waals surface area contributed by atoms with Crippen LogP contribution in [0, 0.1) is 0 Å². The predicted octanol–water partition coefficient (Wildman–Crippen LogP) is 0.703. The van der Waals surface area contributed by atoms with Gasteiger partial charge in [-0.05, 0) is 18.2 Å². The van der Waals surface area contributed by atoms with E-state index in [-0.39, 0.29) is 0 Å². The normalized spacial score (nSPS) is 10.1. The van der Waals surface area contributed by atoms with Crippen molar-refractivity contribution < 1.29 is 4.79 Å². The molecule has 0 fully saturated rings. The molecule has 6 nitrogen and oxygen atoms in total. The van der Waals surface area contributed by atoms with E-state index >= 15 is 0 Å². The third kappa shape index (κ3) is 2.54. The van der Waals surface area contributed by atoms with E-state index in [2.05, 4.69) is 15.3 Å². The highest BCUT2D eigenvalue weighted by molar-refractivity contribution is 5.94. The molecule has 17 heavy (non-hydrogen) atoms. The van der Waals surface area contributed by atoms with Gasteiger partial charge < -0.3 is 21.8 Å². The van der Waals surface area contributed by atoms with E-state index in [1.165, 1.54) is 0 Å². The molecule has 1 aromatic heterocycles. The second-order valence-electron chi connectivity index (χ2n) is 3.56. The zero-order valence-corrected chi connectivity index (χ0v) is 9.10. The van der Waals surface area contributed by atoms with Crippen LogP contribution in [0.3, 0.4) is 0 Å². The number of hydrogen-bond acceptors (Lipinski definition) is 4. The minimum Gasteiger partial charge on any atom is -0.397 e. The van der Waals surface area contributed by atoms with E-state index in [0.717, 1.165) is 11.5 Å². The molecule has 0 saturated heterocycles. The van der Waals surface area contributed by atoms with Gasteiger partial charge in [-0.3, -0.25) is 4.79 Å². The first-order valence-corrected chi connectivity index (χ1v) is 5.08. The topological polar surface area (TPSA) is 110 Å². The summed E-state index contributed by atoms with van der Waals surface area (Å²) >= 11 is 0. The van der Waals surface area contributed by atoms with E-state index in [1.54, 1.807) is 30.6 Å². The summed E-state index contributed by atoms with van der Waals surface area (Å²) in [5, 5.41) is 3.11. The summed E-state index contributed by atoms with van der Waals surface area (Å²) in [5.41, 5.74) is 12.6. The van der Waals surface area contributed by atoms with Crippen molar-refractivity contribution in [3.05, 3.63) is 42.0 Å². The molecule has 1 heterocycles. The van der Waals surface area contributed by atoms with Crippen LogP contribution in [0.15, 0.2) is 30.6 Å². The number of aromatic amines is 1. The molecule has 0 radical (unpaired) electrons. The minimum absolute atomic E-state index is 0.394. The number of nitrogen functional groups attached to an aromatic ring is 1. The highest BCUT2D eigenvalue weighted by Gasteiger charge is 2.04. The van der Waals surface area contributed by atoms with Crippen LogP contribution in [0.4, 0.5) is 11.4 Å². The van der Waals surface area contributed by atoms with Gasteiger partial charge in [-0.15, -0.1) is 0 Å². The number of carbonyl (C=O) groups excluding carboxylic acids is 1. The van der Waals surface area contributed by atoms with Gasteiger partial charge in [0, 0.05) is 18.0 Å². The number of H-pyrrole nitrogens is 1. The number of aromatic nitrogens is 2. The molecule has 2 rings (SSSR count). The number of rotatable bonds is 4. The SMILES string of the molecule is NC(=O)c1ccc(NCc2ncc[nH]2)c(N)c1. The third-order valence-corrected chi connectivity index (χ3v) is 2.34. The lowest BCUT2D eigenvalue weighted by Crippen LogP contribution is -2.12. The Bertz CT molecular complexity index is 521. The number of primary amides is 1. The molecule has 6 N–H and O–H groups in total. The summed E-state index contributed by atoms with van der Waals surface area (Å²) in [7, 11) is 0. The molecule has 6 heteroatoms. The fraction of sp³-hybridized carbons (Fsp3) is 0.0909. The van der Waals surface area contributed by atoms with Crippen molar-refractivity contribution in [2.24, 2.45) is 5.73 Å². The van der Waals surface area contributed by atoms with E-state index < -0.39 is 5.91 Å². The number of carbonyl (C=O) groups is 1. The van der Waals surface area contributed by atoms with Gasteiger partial charge in [0.05, 0.1) is 17.9 Å². The van der Waals surface area contributed by atoms with Gasteiger partial charge in [-0.2, -0.15) is 0 Å². The number of amides is 1. The number of nitrogens with one attached hydrogen (secondary N) is 2. The molecule has 88 valence electrons. The van der Waals surface area contributed by atoms with Gasteiger partial charge in [0.15, 0.2) is 0 Å². The molecule has 2 aromatic rings. The Morgan fingerprint density at radius 2 is 2.29 bits per heavy atom. The molecule has 0 atom stereocenters. The van der Waals surface area contributed by atoms with E-state index in [1.807, 2.05) is 0 Å². The van der Waals surface area contributed by atoms with Crippen LogP contribution in [-0.2, 0) is 6.54 Å². The fourth-order valence-corrected chi connectivity index (χ4v) is 1.45. The number of anilines is 2. The Labute approximate surface area is 98.0 Å². The van der Waals surface area contributed by atoms with Crippen LogP contribution in [0.5, 0.6) is 0 Å². The first kappa shape index (κ1) is 11.0. The molecular formula is C11H13N5O. The molecule has 0 aliphatic heterocycles. The number of imidazole rings is 1. The van der Waals surface area contributed by atoms with E-state index in [4.69, 9.17) is 11.5 Å². The van der Waals surface area contributed by atoms with E-state index in [9.17, 15) is 4.79 Å². The van der Waals surface area contributed by atoms with Crippen LogP contribution in [0.25, 0.3) is 0 Å². The maximum Gasteiger partial charge on any atom is 0.248 e. The van der Waals surface area contributed by atoms with Crippen molar-refractivity contribution in [3.63, 3.8) is 0 Å². The zero-order valence-electron chi connectivity index (χ0n) is 9.10. The Balaban J connectivity index is 2.09. The molecule has 0 aliphatic rings. The predicted molar refractivity (Wildman–Crippen MR) is 65.3 cm³/mol. The van der Waals surface area contributed by atoms with Gasteiger partial charge in [-0.25, -0.2) is 4.98 Å². The summed E-state index contributed by atoms with van der Waals surface area (Å²) < 4.78 is 0. The number of nitrogens with zero attached hydrogens (tertiary/aromatic N) is 1. The quantitative estimate of drug-likeness (QED) is 0.580. The van der Waals surface area contributed by atoms with Crippen molar-refractivity contribution in [3.8, 4) is 0 Å². The highest BCUT2D eigenvalue weighted by Crippen LogP contribution is 2.20. The maximum atomic E-state index is 10.9. The third-order valence-electron chi connectivity index (χ3n) is 2.34. The zero-order chi connectivity index (χ0) is 12.3. The van der Waals surface area contributed by atoms with Gasteiger partial charge >= 0.3 is 0 Å². The molecule has 0 spiro atoms. The molecule has 0 bridgehead atoms. The molecule has 1 aromatic carbocycles. The molecule has 0 aliphatic carbocycles. The van der Waals surface area contributed by atoms with Crippen LogP contribution in [-0.4, -0.2) is 15.9 Å². The lowest BCUT2D eigenvalue weighted by molar-refractivity contribution is 0.100. The number of hydrogen-bond donors (Lipinski definition) is 4. The average molecular weight is 231 g/mol. The lowest BCUT2D eigenvalue weighted by atomic mass is 10.1. The van der Waals surface area contributed by atoms with Crippen molar-refractivity contribution in [2.45, 2.75) is 6.54 Å². The summed E-state index contributed by atoms with van der Waals surface area (Å²) in [5.74, 6) is 0.317. The van der Waals surface area contributed by atoms with Crippen molar-refractivity contribution >= 4 is 17.3 Å². The second kappa shape index (κ2) is 4.56. The molecule has 1 amide bonds. The van der Waals surface area contributed by atoms with Crippen molar-refractivity contribution in [2.75, 3.05) is 11.1 Å².